The Morgan fingerprint density at radius 1 is 1.00 bits per heavy atom. The Kier molecular flexibility index (Phi) is 8.47. The predicted molar refractivity (Wildman–Crippen MR) is 180 cm³/mol. The van der Waals surface area contributed by atoms with Crippen molar-refractivity contribution < 1.29 is 28.5 Å². The van der Waals surface area contributed by atoms with Gasteiger partial charge in [0.15, 0.2) is 5.79 Å². The summed E-state index contributed by atoms with van der Waals surface area (Å²) < 4.78 is 24.0. The van der Waals surface area contributed by atoms with E-state index in [1.165, 1.54) is 6.33 Å². The highest BCUT2D eigenvalue weighted by Gasteiger charge is 2.55. The lowest BCUT2D eigenvalue weighted by Crippen LogP contribution is -2.44. The monoisotopic (exact) mass is 663 g/mol. The van der Waals surface area contributed by atoms with Crippen molar-refractivity contribution in [1.82, 2.24) is 15.0 Å². The zero-order chi connectivity index (χ0) is 33.9. The summed E-state index contributed by atoms with van der Waals surface area (Å²) in [4.78, 5) is 43.0. The van der Waals surface area contributed by atoms with Gasteiger partial charge in [0.2, 0.25) is 0 Å². The van der Waals surface area contributed by atoms with Crippen LogP contribution < -0.4 is 9.80 Å². The SMILES string of the molecule is CC(C)(C)OC(=O)N(C(=O)OC(C)(C)C)c1ccc2ccc(/C=C/[C@H]3C[C@@H](N4CCc5c(Cl)ncnc54)[C@@H]4OC(C)(C)O[C@@H]43)cc2n1. The lowest BCUT2D eigenvalue weighted by molar-refractivity contribution is -0.155. The molecule has 2 aliphatic heterocycles. The molecule has 1 aliphatic carbocycles. The smallest absolute Gasteiger partial charge is 0.425 e. The van der Waals surface area contributed by atoms with E-state index in [-0.39, 0.29) is 30.0 Å². The van der Waals surface area contributed by atoms with Crippen molar-refractivity contribution in [3.8, 4) is 0 Å². The van der Waals surface area contributed by atoms with E-state index in [0.29, 0.717) is 10.7 Å². The van der Waals surface area contributed by atoms with E-state index in [2.05, 4.69) is 27.0 Å². The molecule has 0 bridgehead atoms. The van der Waals surface area contributed by atoms with Gasteiger partial charge in [-0.1, -0.05) is 35.9 Å². The van der Waals surface area contributed by atoms with Gasteiger partial charge in [-0.05, 0) is 92.0 Å². The van der Waals surface area contributed by atoms with Crippen LogP contribution in [-0.2, 0) is 25.4 Å². The number of anilines is 2. The van der Waals surface area contributed by atoms with E-state index in [4.69, 9.17) is 35.5 Å². The van der Waals surface area contributed by atoms with Crippen LogP contribution in [0.15, 0.2) is 42.7 Å². The minimum Gasteiger partial charge on any atom is -0.443 e. The average Bonchev–Trinajstić information content (AvgIpc) is 3.61. The van der Waals surface area contributed by atoms with Crippen LogP contribution in [0.2, 0.25) is 5.15 Å². The third-order valence-corrected chi connectivity index (χ3v) is 8.57. The first-order valence-corrected chi connectivity index (χ1v) is 16.3. The highest BCUT2D eigenvalue weighted by atomic mass is 35.5. The van der Waals surface area contributed by atoms with Gasteiger partial charge in [-0.25, -0.2) is 24.5 Å². The number of nitrogens with zero attached hydrogens (tertiary/aromatic N) is 5. The molecule has 1 saturated carbocycles. The summed E-state index contributed by atoms with van der Waals surface area (Å²) in [6, 6.07) is 9.38. The van der Waals surface area contributed by atoms with Crippen LogP contribution in [-0.4, -0.2) is 68.9 Å². The molecule has 3 aliphatic rings. The lowest BCUT2D eigenvalue weighted by atomic mass is 10.0. The van der Waals surface area contributed by atoms with Gasteiger partial charge in [0.25, 0.3) is 0 Å². The van der Waals surface area contributed by atoms with Crippen LogP contribution >= 0.6 is 11.6 Å². The fourth-order valence-electron chi connectivity index (χ4n) is 6.45. The summed E-state index contributed by atoms with van der Waals surface area (Å²) in [6.07, 6.45) is 5.36. The molecule has 6 rings (SSSR count). The Hall–Kier alpha value is -3.80. The summed E-state index contributed by atoms with van der Waals surface area (Å²) in [5, 5.41) is 1.35. The second-order valence-corrected chi connectivity index (χ2v) is 15.1. The molecule has 250 valence electrons. The molecular weight excluding hydrogens is 622 g/mol. The maximum absolute atomic E-state index is 13.2. The van der Waals surface area contributed by atoms with Crippen LogP contribution in [0, 0.1) is 5.92 Å². The van der Waals surface area contributed by atoms with Crippen molar-refractivity contribution in [1.29, 1.82) is 0 Å². The van der Waals surface area contributed by atoms with E-state index in [1.807, 2.05) is 38.1 Å². The van der Waals surface area contributed by atoms with E-state index < -0.39 is 29.2 Å². The molecular formula is C35H42ClN5O6. The fraction of sp³-hybridized carbons (Fsp3) is 0.514. The van der Waals surface area contributed by atoms with E-state index in [1.54, 1.807) is 47.6 Å². The molecule has 2 amide bonds. The topological polar surface area (TPSA) is 116 Å². The maximum Gasteiger partial charge on any atom is 0.425 e. The number of halogens is 1. The van der Waals surface area contributed by atoms with Gasteiger partial charge in [-0.3, -0.25) is 0 Å². The highest BCUT2D eigenvalue weighted by molar-refractivity contribution is 6.30. The zero-order valence-corrected chi connectivity index (χ0v) is 28.9. The zero-order valence-electron chi connectivity index (χ0n) is 28.1. The third kappa shape index (κ3) is 7.07. The first kappa shape index (κ1) is 33.1. The van der Waals surface area contributed by atoms with Crippen LogP contribution in [0.25, 0.3) is 17.0 Å². The number of pyridine rings is 1. The molecule has 12 heteroatoms. The van der Waals surface area contributed by atoms with E-state index in [0.717, 1.165) is 46.6 Å². The van der Waals surface area contributed by atoms with E-state index in [9.17, 15) is 9.59 Å². The normalized spacial score (nSPS) is 23.6. The molecule has 3 aromatic rings. The number of hydrogen-bond acceptors (Lipinski definition) is 10. The Balaban J connectivity index is 1.27. The number of carbonyl (C=O) groups excluding carboxylic acids is 2. The number of carbonyl (C=O) groups is 2. The van der Waals surface area contributed by atoms with Crippen molar-refractivity contribution in [3.05, 3.63) is 59.0 Å². The molecule has 0 unspecified atom stereocenters. The number of fused-ring (bicyclic) bond motifs is 3. The van der Waals surface area contributed by atoms with Gasteiger partial charge in [0.05, 0.1) is 17.7 Å². The molecule has 0 radical (unpaired) electrons. The summed E-state index contributed by atoms with van der Waals surface area (Å²) in [5.74, 6) is 0.355. The molecule has 2 aromatic heterocycles. The molecule has 11 nitrogen and oxygen atoms in total. The van der Waals surface area contributed by atoms with Gasteiger partial charge < -0.3 is 23.8 Å². The minimum absolute atomic E-state index is 0.0659. The van der Waals surface area contributed by atoms with Crippen molar-refractivity contribution in [2.45, 2.75) is 103 Å². The largest absolute Gasteiger partial charge is 0.443 e. The summed E-state index contributed by atoms with van der Waals surface area (Å²) >= 11 is 6.40. The van der Waals surface area contributed by atoms with Crippen molar-refractivity contribution in [3.63, 3.8) is 0 Å². The third-order valence-electron chi connectivity index (χ3n) is 8.24. The van der Waals surface area contributed by atoms with Gasteiger partial charge in [0.1, 0.15) is 40.4 Å². The van der Waals surface area contributed by atoms with Crippen molar-refractivity contribution in [2.24, 2.45) is 5.92 Å². The Bertz CT molecular complexity index is 1700. The molecule has 4 atom stereocenters. The molecule has 47 heavy (non-hydrogen) atoms. The summed E-state index contributed by atoms with van der Waals surface area (Å²) in [7, 11) is 0. The average molecular weight is 664 g/mol. The van der Waals surface area contributed by atoms with Crippen LogP contribution in [0.4, 0.5) is 21.2 Å². The second kappa shape index (κ2) is 12.0. The van der Waals surface area contributed by atoms with E-state index >= 15 is 0 Å². The van der Waals surface area contributed by atoms with Gasteiger partial charge in [-0.15, -0.1) is 0 Å². The van der Waals surface area contributed by atoms with Crippen LogP contribution in [0.5, 0.6) is 0 Å². The van der Waals surface area contributed by atoms with Crippen molar-refractivity contribution >= 4 is 52.4 Å². The molecule has 1 aromatic carbocycles. The van der Waals surface area contributed by atoms with Crippen LogP contribution in [0.3, 0.4) is 0 Å². The van der Waals surface area contributed by atoms with Gasteiger partial charge in [0, 0.05) is 23.4 Å². The Morgan fingerprint density at radius 3 is 2.34 bits per heavy atom. The number of amides is 2. The standard InChI is InChI=1S/C35H42ClN5O6/c1-33(2,3)46-31(42)41(32(43)47-34(4,5)6)26-14-13-21-11-9-20(17-24(21)39-26)10-12-22-18-25(28-27(22)44-35(7,8)45-28)40-16-15-23-29(36)37-19-38-30(23)40/h9-14,17,19,22,25,27-28H,15-16,18H2,1-8H3/b12-10+/t22-,25+,27+,28-/m0/s1. The number of hydrogen-bond donors (Lipinski definition) is 0. The quantitative estimate of drug-likeness (QED) is 0.263. The Morgan fingerprint density at radius 2 is 1.66 bits per heavy atom. The summed E-state index contributed by atoms with van der Waals surface area (Å²) in [5.41, 5.74) is 0.838. The van der Waals surface area contributed by atoms with Crippen molar-refractivity contribution in [2.75, 3.05) is 16.3 Å². The number of rotatable bonds is 4. The minimum atomic E-state index is -0.865. The maximum atomic E-state index is 13.2. The number of aromatic nitrogens is 3. The number of benzene rings is 1. The first-order chi connectivity index (χ1) is 22.0. The molecule has 1 saturated heterocycles. The molecule has 0 spiro atoms. The molecule has 4 heterocycles. The first-order valence-electron chi connectivity index (χ1n) is 15.9. The summed E-state index contributed by atoms with van der Waals surface area (Å²) in [6.45, 7) is 15.1. The van der Waals surface area contributed by atoms with Gasteiger partial charge >= 0.3 is 12.2 Å². The lowest BCUT2D eigenvalue weighted by Gasteiger charge is -2.30. The predicted octanol–water partition coefficient (Wildman–Crippen LogP) is 7.34. The molecule has 0 N–H and O–H groups in total. The highest BCUT2D eigenvalue weighted by Crippen LogP contribution is 2.46. The number of ether oxygens (including phenoxy) is 4. The number of imide groups is 1. The van der Waals surface area contributed by atoms with Gasteiger partial charge in [-0.2, -0.15) is 4.90 Å². The fourth-order valence-corrected chi connectivity index (χ4v) is 6.68. The molecule has 2 fully saturated rings. The van der Waals surface area contributed by atoms with Crippen LogP contribution in [0.1, 0.15) is 72.9 Å². The second-order valence-electron chi connectivity index (χ2n) is 14.7. The Labute approximate surface area is 280 Å².